The number of nitrogens with two attached hydrogens (primary N) is 1. The second-order valence-electron chi connectivity index (χ2n) is 5.20. The predicted molar refractivity (Wildman–Crippen MR) is 87.5 cm³/mol. The van der Waals surface area contributed by atoms with Crippen LogP contribution in [0, 0.1) is 0 Å². The molecule has 0 bridgehead atoms. The maximum atomic E-state index is 12.4. The maximum Gasteiger partial charge on any atom is 0.359 e. The van der Waals surface area contributed by atoms with Crippen LogP contribution in [0.5, 0.6) is 0 Å². The number of hydrogen-bond acceptors (Lipinski definition) is 5. The number of ether oxygens (including phenoxy) is 1. The summed E-state index contributed by atoms with van der Waals surface area (Å²) in [5.74, 6) is 0.315. The number of benzene rings is 1. The summed E-state index contributed by atoms with van der Waals surface area (Å²) in [5.41, 5.74) is 7.05. The average molecular weight is 302 g/mol. The maximum absolute atomic E-state index is 12.4. The van der Waals surface area contributed by atoms with Crippen LogP contribution in [0.3, 0.4) is 0 Å². The molecule has 0 aliphatic carbocycles. The van der Waals surface area contributed by atoms with Crippen LogP contribution >= 0.6 is 0 Å². The van der Waals surface area contributed by atoms with Crippen LogP contribution in [0.4, 0.5) is 11.8 Å². The summed E-state index contributed by atoms with van der Waals surface area (Å²) in [5, 5.41) is 0. The summed E-state index contributed by atoms with van der Waals surface area (Å²) in [6.45, 7) is 2.42. The quantitative estimate of drug-likeness (QED) is 0.655. The van der Waals surface area contributed by atoms with Gasteiger partial charge in [0.25, 0.3) is 0 Å². The minimum Gasteiger partial charge on any atom is -0.461 e. The summed E-state index contributed by atoms with van der Waals surface area (Å²) in [7, 11) is 3.71. The van der Waals surface area contributed by atoms with Crippen molar-refractivity contribution in [2.75, 3.05) is 31.3 Å². The van der Waals surface area contributed by atoms with Gasteiger partial charge in [-0.3, -0.25) is 4.57 Å². The third-order valence-corrected chi connectivity index (χ3v) is 3.23. The molecule has 0 spiro atoms. The number of para-hydroxylation sites is 1. The van der Waals surface area contributed by atoms with Gasteiger partial charge in [0.15, 0.2) is 11.5 Å². The van der Waals surface area contributed by atoms with Gasteiger partial charge in [0.2, 0.25) is 5.95 Å². The Hall–Kier alpha value is -2.50. The number of esters is 1. The monoisotopic (exact) mass is 302 g/mol. The van der Waals surface area contributed by atoms with E-state index < -0.39 is 5.97 Å². The molecule has 22 heavy (non-hydrogen) atoms. The molecule has 0 radical (unpaired) electrons. The van der Waals surface area contributed by atoms with Crippen LogP contribution < -0.4 is 10.6 Å². The fraction of sp³-hybridized carbons (Fsp3) is 0.375. The number of hydrogen-bond donors (Lipinski definition) is 1. The number of imidazole rings is 1. The molecule has 118 valence electrons. The number of rotatable bonds is 6. The molecule has 6 heteroatoms. The fourth-order valence-electron chi connectivity index (χ4n) is 2.12. The molecule has 0 aliphatic rings. The van der Waals surface area contributed by atoms with Crippen molar-refractivity contribution in [2.24, 2.45) is 0 Å². The zero-order chi connectivity index (χ0) is 16.1. The van der Waals surface area contributed by atoms with Crippen molar-refractivity contribution < 1.29 is 9.53 Å². The van der Waals surface area contributed by atoms with Crippen molar-refractivity contribution >= 4 is 17.7 Å². The first kappa shape index (κ1) is 15.9. The molecule has 2 N–H and O–H groups in total. The van der Waals surface area contributed by atoms with Crippen LogP contribution in [-0.4, -0.2) is 36.2 Å². The number of unbranched alkanes of at least 4 members (excludes halogenated alkanes) is 1. The van der Waals surface area contributed by atoms with Crippen LogP contribution in [0.25, 0.3) is 5.69 Å². The van der Waals surface area contributed by atoms with Crippen LogP contribution in [-0.2, 0) is 4.74 Å². The largest absolute Gasteiger partial charge is 0.461 e. The van der Waals surface area contributed by atoms with Gasteiger partial charge in [-0.15, -0.1) is 0 Å². The highest BCUT2D eigenvalue weighted by atomic mass is 16.5. The molecule has 2 rings (SSSR count). The standard InChI is InChI=1S/C16H22N4O2/c1-4-5-11-22-15(21)13-14(17)18-16(19(2)3)20(13)12-9-7-6-8-10-12/h6-10H,4-5,11,17H2,1-3H3. The summed E-state index contributed by atoms with van der Waals surface area (Å²) < 4.78 is 7.03. The van der Waals surface area contributed by atoms with Crippen molar-refractivity contribution in [2.45, 2.75) is 19.8 Å². The highest BCUT2D eigenvalue weighted by Crippen LogP contribution is 2.26. The smallest absolute Gasteiger partial charge is 0.359 e. The van der Waals surface area contributed by atoms with E-state index in [1.54, 1.807) is 4.57 Å². The minimum absolute atomic E-state index is 0.175. The van der Waals surface area contributed by atoms with Crippen molar-refractivity contribution in [3.63, 3.8) is 0 Å². The van der Waals surface area contributed by atoms with E-state index in [1.807, 2.05) is 56.3 Å². The molecule has 2 aromatic rings. The van der Waals surface area contributed by atoms with Crippen molar-refractivity contribution in [3.05, 3.63) is 36.0 Å². The first-order chi connectivity index (χ1) is 10.6. The fourth-order valence-corrected chi connectivity index (χ4v) is 2.12. The third kappa shape index (κ3) is 3.21. The lowest BCUT2D eigenvalue weighted by Crippen LogP contribution is -2.18. The van der Waals surface area contributed by atoms with Gasteiger partial charge in [-0.25, -0.2) is 4.79 Å². The predicted octanol–water partition coefficient (Wildman–Crippen LogP) is 2.48. The molecular weight excluding hydrogens is 280 g/mol. The zero-order valence-electron chi connectivity index (χ0n) is 13.2. The Morgan fingerprint density at radius 2 is 2.00 bits per heavy atom. The molecule has 1 aromatic carbocycles. The van der Waals surface area contributed by atoms with Gasteiger partial charge in [0.1, 0.15) is 0 Å². The Bertz CT molecular complexity index is 635. The van der Waals surface area contributed by atoms with Gasteiger partial charge in [0.05, 0.1) is 6.61 Å². The first-order valence-electron chi connectivity index (χ1n) is 7.34. The molecule has 6 nitrogen and oxygen atoms in total. The Kier molecular flexibility index (Phi) is 5.04. The van der Waals surface area contributed by atoms with Gasteiger partial charge in [-0.1, -0.05) is 31.5 Å². The second kappa shape index (κ2) is 6.98. The minimum atomic E-state index is -0.449. The molecule has 1 heterocycles. The number of carbonyl (C=O) groups excluding carboxylic acids is 1. The van der Waals surface area contributed by atoms with Crippen molar-refractivity contribution in [1.29, 1.82) is 0 Å². The molecule has 0 amide bonds. The van der Waals surface area contributed by atoms with Gasteiger partial charge >= 0.3 is 5.97 Å². The second-order valence-corrected chi connectivity index (χ2v) is 5.20. The summed E-state index contributed by atoms with van der Waals surface area (Å²) in [4.78, 5) is 18.5. The molecule has 0 fully saturated rings. The van der Waals surface area contributed by atoms with E-state index in [1.165, 1.54) is 0 Å². The summed E-state index contributed by atoms with van der Waals surface area (Å²) in [6, 6.07) is 9.51. The lowest BCUT2D eigenvalue weighted by atomic mass is 10.3. The highest BCUT2D eigenvalue weighted by molar-refractivity contribution is 5.94. The van der Waals surface area contributed by atoms with E-state index in [4.69, 9.17) is 10.5 Å². The molecule has 0 saturated carbocycles. The van der Waals surface area contributed by atoms with Crippen LogP contribution in [0.2, 0.25) is 0 Å². The molecule has 0 unspecified atom stereocenters. The number of carbonyl (C=O) groups is 1. The number of aromatic nitrogens is 2. The zero-order valence-corrected chi connectivity index (χ0v) is 13.2. The summed E-state index contributed by atoms with van der Waals surface area (Å²) in [6.07, 6.45) is 1.79. The van der Waals surface area contributed by atoms with Crippen LogP contribution in [0.15, 0.2) is 30.3 Å². The van der Waals surface area contributed by atoms with Crippen molar-refractivity contribution in [3.8, 4) is 5.69 Å². The molecule has 1 aromatic heterocycles. The third-order valence-electron chi connectivity index (χ3n) is 3.23. The molecular formula is C16H22N4O2. The lowest BCUT2D eigenvalue weighted by molar-refractivity contribution is 0.0492. The Morgan fingerprint density at radius 1 is 1.32 bits per heavy atom. The average Bonchev–Trinajstić information content (AvgIpc) is 2.86. The molecule has 0 saturated heterocycles. The van der Waals surface area contributed by atoms with Crippen LogP contribution in [0.1, 0.15) is 30.3 Å². The Morgan fingerprint density at radius 3 is 2.59 bits per heavy atom. The normalized spacial score (nSPS) is 10.5. The first-order valence-corrected chi connectivity index (χ1v) is 7.34. The lowest BCUT2D eigenvalue weighted by Gasteiger charge is -2.16. The van der Waals surface area contributed by atoms with E-state index in [0.717, 1.165) is 18.5 Å². The highest BCUT2D eigenvalue weighted by Gasteiger charge is 2.24. The Balaban J connectivity index is 2.47. The summed E-state index contributed by atoms with van der Waals surface area (Å²) >= 11 is 0. The van der Waals surface area contributed by atoms with Gasteiger partial charge in [0, 0.05) is 19.8 Å². The SMILES string of the molecule is CCCCOC(=O)c1c(N)nc(N(C)C)n1-c1ccccc1. The van der Waals surface area contributed by atoms with E-state index >= 15 is 0 Å². The molecule has 0 atom stereocenters. The van der Waals surface area contributed by atoms with Gasteiger partial charge in [-0.2, -0.15) is 4.98 Å². The van der Waals surface area contributed by atoms with Gasteiger partial charge in [-0.05, 0) is 18.6 Å². The van der Waals surface area contributed by atoms with E-state index in [0.29, 0.717) is 12.6 Å². The Labute approximate surface area is 130 Å². The number of nitrogens with zero attached hydrogens (tertiary/aromatic N) is 3. The van der Waals surface area contributed by atoms with Crippen molar-refractivity contribution in [1.82, 2.24) is 9.55 Å². The van der Waals surface area contributed by atoms with E-state index in [9.17, 15) is 4.79 Å². The van der Waals surface area contributed by atoms with Gasteiger partial charge < -0.3 is 15.4 Å². The number of anilines is 2. The number of nitrogen functional groups attached to an aromatic ring is 1. The van der Waals surface area contributed by atoms with E-state index in [-0.39, 0.29) is 11.5 Å². The van der Waals surface area contributed by atoms with E-state index in [2.05, 4.69) is 4.98 Å². The molecule has 0 aliphatic heterocycles. The topological polar surface area (TPSA) is 73.4 Å².